The van der Waals surface area contributed by atoms with Crippen LogP contribution in [0.5, 0.6) is 5.75 Å². The quantitative estimate of drug-likeness (QED) is 0.761. The lowest BCUT2D eigenvalue weighted by Gasteiger charge is -2.24. The highest BCUT2D eigenvalue weighted by Crippen LogP contribution is 2.25. The summed E-state index contributed by atoms with van der Waals surface area (Å²) in [4.78, 5) is 2.31. The third-order valence-corrected chi connectivity index (χ3v) is 4.70. The van der Waals surface area contributed by atoms with Gasteiger partial charge in [-0.05, 0) is 30.8 Å². The van der Waals surface area contributed by atoms with Crippen molar-refractivity contribution in [3.63, 3.8) is 0 Å². The fraction of sp³-hybridized carbons (Fsp3) is 0.538. The van der Waals surface area contributed by atoms with E-state index in [0.717, 1.165) is 17.9 Å². The van der Waals surface area contributed by atoms with Crippen molar-refractivity contribution in [1.29, 1.82) is 0 Å². The standard InChI is InChI=1S/C13H20BNO3S/c1-15(12-5-6-19-9-12)8-10-7-11(14(16)17)3-4-13(10)18-2/h3-4,7,12,16-17H,5-6,8-9H2,1-2H3. The number of hydrogen-bond donors (Lipinski definition) is 2. The lowest BCUT2D eigenvalue weighted by Crippen LogP contribution is -2.33. The molecule has 1 aliphatic heterocycles. The normalized spacial score (nSPS) is 18.9. The van der Waals surface area contributed by atoms with Gasteiger partial charge in [-0.1, -0.05) is 12.1 Å². The molecule has 6 heteroatoms. The van der Waals surface area contributed by atoms with E-state index in [1.807, 2.05) is 17.8 Å². The lowest BCUT2D eigenvalue weighted by atomic mass is 9.79. The molecule has 1 aromatic carbocycles. The van der Waals surface area contributed by atoms with E-state index in [-0.39, 0.29) is 0 Å². The number of thioether (sulfide) groups is 1. The fourth-order valence-electron chi connectivity index (χ4n) is 2.35. The molecule has 0 aliphatic carbocycles. The maximum absolute atomic E-state index is 9.26. The highest BCUT2D eigenvalue weighted by molar-refractivity contribution is 7.99. The summed E-state index contributed by atoms with van der Waals surface area (Å²) >= 11 is 1.99. The van der Waals surface area contributed by atoms with Crippen molar-refractivity contribution in [1.82, 2.24) is 4.90 Å². The first-order valence-electron chi connectivity index (χ1n) is 6.42. The van der Waals surface area contributed by atoms with E-state index in [1.165, 1.54) is 17.9 Å². The molecule has 1 heterocycles. The first-order chi connectivity index (χ1) is 9.11. The molecule has 0 amide bonds. The van der Waals surface area contributed by atoms with Crippen LogP contribution in [0.4, 0.5) is 0 Å². The molecule has 19 heavy (non-hydrogen) atoms. The summed E-state index contributed by atoms with van der Waals surface area (Å²) in [6.45, 7) is 0.759. The second kappa shape index (κ2) is 6.66. The van der Waals surface area contributed by atoms with Crippen LogP contribution in [0.25, 0.3) is 0 Å². The monoisotopic (exact) mass is 281 g/mol. The Morgan fingerprint density at radius 2 is 2.26 bits per heavy atom. The van der Waals surface area contributed by atoms with Gasteiger partial charge in [0.2, 0.25) is 0 Å². The lowest BCUT2D eigenvalue weighted by molar-refractivity contribution is 0.250. The van der Waals surface area contributed by atoms with Gasteiger partial charge in [0.15, 0.2) is 0 Å². The van der Waals surface area contributed by atoms with Gasteiger partial charge in [-0.15, -0.1) is 0 Å². The smallest absolute Gasteiger partial charge is 0.488 e. The molecule has 0 radical (unpaired) electrons. The first kappa shape index (κ1) is 14.7. The van der Waals surface area contributed by atoms with Crippen molar-refractivity contribution in [3.8, 4) is 5.75 Å². The second-order valence-electron chi connectivity index (χ2n) is 4.88. The Balaban J connectivity index is 2.14. The van der Waals surface area contributed by atoms with Gasteiger partial charge >= 0.3 is 7.12 Å². The first-order valence-corrected chi connectivity index (χ1v) is 7.58. The highest BCUT2D eigenvalue weighted by atomic mass is 32.2. The van der Waals surface area contributed by atoms with Gasteiger partial charge < -0.3 is 14.8 Å². The van der Waals surface area contributed by atoms with Crippen LogP contribution >= 0.6 is 11.8 Å². The minimum atomic E-state index is -1.43. The van der Waals surface area contributed by atoms with Crippen LogP contribution in [0, 0.1) is 0 Å². The molecule has 4 nitrogen and oxygen atoms in total. The summed E-state index contributed by atoms with van der Waals surface area (Å²) in [5.74, 6) is 3.18. The molecule has 0 spiro atoms. The molecular formula is C13H20BNO3S. The average Bonchev–Trinajstić information content (AvgIpc) is 2.92. The van der Waals surface area contributed by atoms with Gasteiger partial charge in [-0.2, -0.15) is 11.8 Å². The zero-order valence-electron chi connectivity index (χ0n) is 11.4. The summed E-state index contributed by atoms with van der Waals surface area (Å²) in [5, 5.41) is 18.5. The van der Waals surface area contributed by atoms with E-state index >= 15 is 0 Å². The Bertz CT molecular complexity index is 424. The van der Waals surface area contributed by atoms with Gasteiger partial charge in [0, 0.05) is 23.9 Å². The minimum absolute atomic E-state index is 0.505. The zero-order chi connectivity index (χ0) is 13.8. The van der Waals surface area contributed by atoms with Crippen LogP contribution in [0.1, 0.15) is 12.0 Å². The summed E-state index contributed by atoms with van der Waals surface area (Å²) in [5.41, 5.74) is 1.50. The maximum atomic E-state index is 9.26. The van der Waals surface area contributed by atoms with Crippen molar-refractivity contribution in [2.45, 2.75) is 19.0 Å². The van der Waals surface area contributed by atoms with Crippen LogP contribution in [0.3, 0.4) is 0 Å². The Hall–Kier alpha value is -0.685. The molecule has 0 saturated carbocycles. The van der Waals surface area contributed by atoms with E-state index in [9.17, 15) is 10.0 Å². The molecule has 2 rings (SSSR count). The number of hydrogen-bond acceptors (Lipinski definition) is 5. The van der Waals surface area contributed by atoms with Crippen molar-refractivity contribution < 1.29 is 14.8 Å². The van der Waals surface area contributed by atoms with Crippen molar-refractivity contribution in [2.24, 2.45) is 0 Å². The maximum Gasteiger partial charge on any atom is 0.488 e. The molecular weight excluding hydrogens is 261 g/mol. The molecule has 1 aliphatic rings. The zero-order valence-corrected chi connectivity index (χ0v) is 12.2. The number of rotatable bonds is 5. The molecule has 104 valence electrons. The number of nitrogens with zero attached hydrogens (tertiary/aromatic N) is 1. The largest absolute Gasteiger partial charge is 0.496 e. The average molecular weight is 281 g/mol. The molecule has 0 bridgehead atoms. The van der Waals surface area contributed by atoms with Crippen molar-refractivity contribution >= 4 is 24.3 Å². The predicted octanol–water partition coefficient (Wildman–Crippen LogP) is 0.312. The molecule has 0 aromatic heterocycles. The topological polar surface area (TPSA) is 52.9 Å². The van der Waals surface area contributed by atoms with E-state index < -0.39 is 7.12 Å². The van der Waals surface area contributed by atoms with Crippen molar-refractivity contribution in [2.75, 3.05) is 25.7 Å². The number of ether oxygens (including phenoxy) is 1. The second-order valence-corrected chi connectivity index (χ2v) is 6.03. The SMILES string of the molecule is COc1ccc(B(O)O)cc1CN(C)C1CCSC1. The number of benzene rings is 1. The van der Waals surface area contributed by atoms with Crippen molar-refractivity contribution in [3.05, 3.63) is 23.8 Å². The number of methoxy groups -OCH3 is 1. The van der Waals surface area contributed by atoms with Gasteiger partial charge in [-0.25, -0.2) is 0 Å². The van der Waals surface area contributed by atoms with E-state index in [0.29, 0.717) is 11.5 Å². The predicted molar refractivity (Wildman–Crippen MR) is 80.0 cm³/mol. The summed E-state index contributed by atoms with van der Waals surface area (Å²) in [6, 6.07) is 5.87. The summed E-state index contributed by atoms with van der Waals surface area (Å²) in [6.07, 6.45) is 1.21. The molecule has 1 aromatic rings. The van der Waals surface area contributed by atoms with Crippen LogP contribution in [-0.2, 0) is 6.54 Å². The van der Waals surface area contributed by atoms with E-state index in [4.69, 9.17) is 4.74 Å². The molecule has 1 fully saturated rings. The molecule has 2 N–H and O–H groups in total. The Morgan fingerprint density at radius 3 is 2.84 bits per heavy atom. The van der Waals surface area contributed by atoms with Crippen LogP contribution in [0.2, 0.25) is 0 Å². The van der Waals surface area contributed by atoms with Gasteiger partial charge in [0.25, 0.3) is 0 Å². The van der Waals surface area contributed by atoms with E-state index in [2.05, 4.69) is 11.9 Å². The van der Waals surface area contributed by atoms with Crippen LogP contribution in [0.15, 0.2) is 18.2 Å². The molecule has 1 unspecified atom stereocenters. The minimum Gasteiger partial charge on any atom is -0.496 e. The van der Waals surface area contributed by atoms with Gasteiger partial charge in [-0.3, -0.25) is 4.90 Å². The van der Waals surface area contributed by atoms with Gasteiger partial charge in [0.05, 0.1) is 7.11 Å². The van der Waals surface area contributed by atoms with Crippen LogP contribution in [-0.4, -0.2) is 53.8 Å². The van der Waals surface area contributed by atoms with Gasteiger partial charge in [0.1, 0.15) is 5.75 Å². The third-order valence-electron chi connectivity index (χ3n) is 3.55. The third kappa shape index (κ3) is 3.66. The Kier molecular flexibility index (Phi) is 5.16. The summed E-state index contributed by atoms with van der Waals surface area (Å²) < 4.78 is 5.35. The summed E-state index contributed by atoms with van der Waals surface area (Å²) in [7, 11) is 2.31. The highest BCUT2D eigenvalue weighted by Gasteiger charge is 2.21. The molecule has 1 saturated heterocycles. The fourth-order valence-corrected chi connectivity index (χ4v) is 3.65. The Morgan fingerprint density at radius 1 is 1.47 bits per heavy atom. The Labute approximate surface area is 118 Å². The molecule has 1 atom stereocenters. The van der Waals surface area contributed by atoms with Crippen LogP contribution < -0.4 is 10.2 Å². The van der Waals surface area contributed by atoms with E-state index in [1.54, 1.807) is 19.2 Å².